The van der Waals surface area contributed by atoms with Crippen molar-refractivity contribution in [1.82, 2.24) is 0 Å². The van der Waals surface area contributed by atoms with Crippen molar-refractivity contribution in [3.8, 4) is 5.75 Å². The second kappa shape index (κ2) is 6.17. The molecule has 0 saturated carbocycles. The van der Waals surface area contributed by atoms with Gasteiger partial charge in [0.25, 0.3) is 9.05 Å². The first-order valence-electron chi connectivity index (χ1n) is 5.58. The van der Waals surface area contributed by atoms with Gasteiger partial charge >= 0.3 is 0 Å². The molecule has 0 unspecified atom stereocenters. The average Bonchev–Trinajstić information content (AvgIpc) is 2.38. The minimum atomic E-state index is -4.07. The van der Waals surface area contributed by atoms with E-state index in [1.54, 1.807) is 0 Å². The van der Waals surface area contributed by atoms with Crippen LogP contribution in [0.1, 0.15) is 5.56 Å². The molecule has 0 aliphatic heterocycles. The second-order valence-electron chi connectivity index (χ2n) is 4.05. The molecule has 0 atom stereocenters. The fourth-order valence-electron chi connectivity index (χ4n) is 1.59. The molecular weight excluding hydrogens is 345 g/mol. The lowest BCUT2D eigenvalue weighted by Gasteiger charge is -2.10. The third-order valence-corrected chi connectivity index (χ3v) is 4.14. The summed E-state index contributed by atoms with van der Waals surface area (Å²) >= 11 is 5.70. The molecule has 21 heavy (non-hydrogen) atoms. The summed E-state index contributed by atoms with van der Waals surface area (Å²) in [5, 5.41) is 0.162. The Balaban J connectivity index is 2.28. The van der Waals surface area contributed by atoms with Crippen LogP contribution >= 0.6 is 22.3 Å². The molecule has 0 spiro atoms. The lowest BCUT2D eigenvalue weighted by molar-refractivity contribution is 0.292. The first kappa shape index (κ1) is 16.0. The first-order chi connectivity index (χ1) is 9.77. The molecule has 0 aliphatic rings. The van der Waals surface area contributed by atoms with Gasteiger partial charge in [0.1, 0.15) is 28.9 Å². The van der Waals surface area contributed by atoms with E-state index in [1.165, 1.54) is 18.2 Å². The third kappa shape index (κ3) is 4.06. The molecule has 2 rings (SSSR count). The number of ether oxygens (including phenoxy) is 1. The first-order valence-corrected chi connectivity index (χ1v) is 8.27. The summed E-state index contributed by atoms with van der Waals surface area (Å²) in [5.74, 6) is -1.58. The van der Waals surface area contributed by atoms with E-state index in [2.05, 4.69) is 0 Å². The maximum Gasteiger partial charge on any atom is 0.265 e. The molecule has 0 bridgehead atoms. The van der Waals surface area contributed by atoms with Crippen molar-refractivity contribution >= 4 is 31.3 Å². The zero-order chi connectivity index (χ0) is 15.6. The summed E-state index contributed by atoms with van der Waals surface area (Å²) in [6, 6.07) is 6.82. The van der Waals surface area contributed by atoms with Gasteiger partial charge in [-0.3, -0.25) is 0 Å². The van der Waals surface area contributed by atoms with Gasteiger partial charge in [-0.25, -0.2) is 17.2 Å². The summed E-state index contributed by atoms with van der Waals surface area (Å²) < 4.78 is 54.4. The second-order valence-corrected chi connectivity index (χ2v) is 7.02. The van der Waals surface area contributed by atoms with Gasteiger partial charge in [0.15, 0.2) is 0 Å². The van der Waals surface area contributed by atoms with Crippen LogP contribution < -0.4 is 4.74 Å². The maximum atomic E-state index is 13.5. The Hall–Kier alpha value is -1.37. The summed E-state index contributed by atoms with van der Waals surface area (Å²) in [5.41, 5.74) is 0.0734. The molecule has 0 N–H and O–H groups in total. The molecule has 0 aliphatic carbocycles. The molecule has 0 fully saturated rings. The van der Waals surface area contributed by atoms with Gasteiger partial charge < -0.3 is 4.74 Å². The van der Waals surface area contributed by atoms with Crippen molar-refractivity contribution in [3.63, 3.8) is 0 Å². The van der Waals surface area contributed by atoms with E-state index in [1.807, 2.05) is 0 Å². The third-order valence-electron chi connectivity index (χ3n) is 2.57. The standard InChI is InChI=1S/C13H8Cl2F2O3S/c14-9-2-4-12(13(5-9)21(15,18)19)20-7-8-1-3-10(16)6-11(8)17/h1-6H,7H2. The van der Waals surface area contributed by atoms with Gasteiger partial charge in [-0.1, -0.05) is 11.6 Å². The highest BCUT2D eigenvalue weighted by Gasteiger charge is 2.18. The Morgan fingerprint density at radius 1 is 1.10 bits per heavy atom. The van der Waals surface area contributed by atoms with Crippen LogP contribution in [0.3, 0.4) is 0 Å². The maximum absolute atomic E-state index is 13.5. The topological polar surface area (TPSA) is 43.4 Å². The Labute approximate surface area is 129 Å². The fourth-order valence-corrected chi connectivity index (χ4v) is 2.82. The van der Waals surface area contributed by atoms with Gasteiger partial charge in [-0.2, -0.15) is 0 Å². The Morgan fingerprint density at radius 3 is 2.43 bits per heavy atom. The highest BCUT2D eigenvalue weighted by atomic mass is 35.7. The van der Waals surface area contributed by atoms with Crippen LogP contribution in [0.25, 0.3) is 0 Å². The molecule has 2 aromatic carbocycles. The highest BCUT2D eigenvalue weighted by Crippen LogP contribution is 2.30. The zero-order valence-electron chi connectivity index (χ0n) is 10.3. The van der Waals surface area contributed by atoms with Gasteiger partial charge in [-0.15, -0.1) is 0 Å². The smallest absolute Gasteiger partial charge is 0.265 e. The van der Waals surface area contributed by atoms with Gasteiger partial charge in [-0.05, 0) is 30.3 Å². The van der Waals surface area contributed by atoms with Crippen LogP contribution in [-0.2, 0) is 15.7 Å². The van der Waals surface area contributed by atoms with E-state index in [0.29, 0.717) is 6.07 Å². The van der Waals surface area contributed by atoms with Crippen molar-refractivity contribution in [1.29, 1.82) is 0 Å². The molecule has 3 nitrogen and oxygen atoms in total. The molecule has 112 valence electrons. The fraction of sp³-hybridized carbons (Fsp3) is 0.0769. The van der Waals surface area contributed by atoms with Crippen molar-refractivity contribution in [2.75, 3.05) is 0 Å². The van der Waals surface area contributed by atoms with Crippen molar-refractivity contribution < 1.29 is 21.9 Å². The van der Waals surface area contributed by atoms with Gasteiger partial charge in [0.2, 0.25) is 0 Å². The van der Waals surface area contributed by atoms with Gasteiger partial charge in [0.05, 0.1) is 0 Å². The van der Waals surface area contributed by atoms with Crippen molar-refractivity contribution in [3.05, 3.63) is 58.6 Å². The quantitative estimate of drug-likeness (QED) is 0.777. The van der Waals surface area contributed by atoms with Crippen LogP contribution in [0.5, 0.6) is 5.75 Å². The lowest BCUT2D eigenvalue weighted by atomic mass is 10.2. The number of hydrogen-bond donors (Lipinski definition) is 0. The minimum absolute atomic E-state index is 0.0712. The van der Waals surface area contributed by atoms with Gasteiger partial charge in [0, 0.05) is 27.3 Å². The lowest BCUT2D eigenvalue weighted by Crippen LogP contribution is -2.02. The monoisotopic (exact) mass is 352 g/mol. The summed E-state index contributed by atoms with van der Waals surface area (Å²) in [6.07, 6.45) is 0. The molecule has 2 aromatic rings. The summed E-state index contributed by atoms with van der Waals surface area (Å²) in [4.78, 5) is -0.320. The van der Waals surface area contributed by atoms with Crippen LogP contribution in [0.4, 0.5) is 8.78 Å². The van der Waals surface area contributed by atoms with Crippen molar-refractivity contribution in [2.45, 2.75) is 11.5 Å². The molecule has 8 heteroatoms. The van der Waals surface area contributed by atoms with Crippen LogP contribution in [0.2, 0.25) is 5.02 Å². The minimum Gasteiger partial charge on any atom is -0.487 e. The average molecular weight is 353 g/mol. The summed E-state index contributed by atoms with van der Waals surface area (Å²) in [6.45, 7) is -0.285. The predicted octanol–water partition coefficient (Wildman–Crippen LogP) is 4.12. The molecule has 0 amide bonds. The highest BCUT2D eigenvalue weighted by molar-refractivity contribution is 8.13. The number of halogens is 4. The van der Waals surface area contributed by atoms with Crippen LogP contribution in [0.15, 0.2) is 41.3 Å². The molecule has 0 radical (unpaired) electrons. The zero-order valence-corrected chi connectivity index (χ0v) is 12.6. The SMILES string of the molecule is O=S(=O)(Cl)c1cc(Cl)ccc1OCc1ccc(F)cc1F. The predicted molar refractivity (Wildman–Crippen MR) is 75.2 cm³/mol. The Morgan fingerprint density at radius 2 is 1.81 bits per heavy atom. The van der Waals surface area contributed by atoms with E-state index < -0.39 is 20.7 Å². The van der Waals surface area contributed by atoms with Crippen molar-refractivity contribution in [2.24, 2.45) is 0 Å². The van der Waals surface area contributed by atoms with Crippen LogP contribution in [0, 0.1) is 11.6 Å². The van der Waals surface area contributed by atoms with Crippen LogP contribution in [-0.4, -0.2) is 8.42 Å². The van der Waals surface area contributed by atoms with E-state index in [-0.39, 0.29) is 27.8 Å². The summed E-state index contributed by atoms with van der Waals surface area (Å²) in [7, 11) is 1.21. The number of benzene rings is 2. The molecule has 0 heterocycles. The molecule has 0 saturated heterocycles. The molecular formula is C13H8Cl2F2O3S. The van der Waals surface area contributed by atoms with E-state index in [4.69, 9.17) is 27.0 Å². The Bertz CT molecular complexity index is 779. The number of hydrogen-bond acceptors (Lipinski definition) is 3. The normalized spacial score (nSPS) is 11.4. The van der Waals surface area contributed by atoms with E-state index in [9.17, 15) is 17.2 Å². The number of rotatable bonds is 4. The Kier molecular flexibility index (Phi) is 4.70. The molecule has 0 aromatic heterocycles. The van der Waals surface area contributed by atoms with E-state index >= 15 is 0 Å². The largest absolute Gasteiger partial charge is 0.487 e. The van der Waals surface area contributed by atoms with E-state index in [0.717, 1.165) is 12.1 Å².